The average Bonchev–Trinajstić information content (AvgIpc) is 2.27. The van der Waals surface area contributed by atoms with Crippen molar-refractivity contribution in [2.75, 3.05) is 26.8 Å². The molecule has 1 saturated heterocycles. The number of hydrogen-bond donors (Lipinski definition) is 0. The molecule has 3 heteroatoms. The standard InChI is InChI=1S/C12H23NO2/c1-3-4-5-12(14)13(2)10-11-6-8-15-9-7-11/h11H,3-10H2,1-2H3. The SMILES string of the molecule is CCCCC(=O)N(C)CC1CCOCC1. The van der Waals surface area contributed by atoms with Crippen LogP contribution in [0.4, 0.5) is 0 Å². The molecule has 0 atom stereocenters. The predicted octanol–water partition coefficient (Wildman–Crippen LogP) is 2.06. The van der Waals surface area contributed by atoms with E-state index in [2.05, 4.69) is 6.92 Å². The van der Waals surface area contributed by atoms with E-state index < -0.39 is 0 Å². The fourth-order valence-corrected chi connectivity index (χ4v) is 1.94. The molecular weight excluding hydrogens is 190 g/mol. The van der Waals surface area contributed by atoms with Crippen molar-refractivity contribution in [1.29, 1.82) is 0 Å². The fraction of sp³-hybridized carbons (Fsp3) is 0.917. The number of carbonyl (C=O) groups excluding carboxylic acids is 1. The van der Waals surface area contributed by atoms with Crippen molar-refractivity contribution in [2.24, 2.45) is 5.92 Å². The Morgan fingerprint density at radius 2 is 2.07 bits per heavy atom. The molecule has 0 saturated carbocycles. The third kappa shape index (κ3) is 4.65. The summed E-state index contributed by atoms with van der Waals surface area (Å²) in [6, 6.07) is 0. The van der Waals surface area contributed by atoms with Crippen molar-refractivity contribution in [3.63, 3.8) is 0 Å². The molecule has 88 valence electrons. The van der Waals surface area contributed by atoms with Gasteiger partial charge in [-0.15, -0.1) is 0 Å². The Morgan fingerprint density at radius 3 is 2.67 bits per heavy atom. The van der Waals surface area contributed by atoms with Crippen LogP contribution in [0.3, 0.4) is 0 Å². The van der Waals surface area contributed by atoms with Gasteiger partial charge in [0, 0.05) is 33.2 Å². The quantitative estimate of drug-likeness (QED) is 0.699. The molecule has 0 aliphatic carbocycles. The lowest BCUT2D eigenvalue weighted by atomic mass is 10.00. The van der Waals surface area contributed by atoms with Crippen LogP contribution in [0, 0.1) is 5.92 Å². The van der Waals surface area contributed by atoms with Gasteiger partial charge in [-0.1, -0.05) is 13.3 Å². The van der Waals surface area contributed by atoms with E-state index in [0.717, 1.165) is 45.4 Å². The molecule has 1 aliphatic heterocycles. The molecule has 1 heterocycles. The highest BCUT2D eigenvalue weighted by molar-refractivity contribution is 5.75. The molecule has 1 amide bonds. The van der Waals surface area contributed by atoms with Gasteiger partial charge in [0.2, 0.25) is 5.91 Å². The summed E-state index contributed by atoms with van der Waals surface area (Å²) in [5.41, 5.74) is 0. The van der Waals surface area contributed by atoms with Crippen LogP contribution in [0.15, 0.2) is 0 Å². The van der Waals surface area contributed by atoms with Gasteiger partial charge in [-0.05, 0) is 25.2 Å². The van der Waals surface area contributed by atoms with E-state index >= 15 is 0 Å². The highest BCUT2D eigenvalue weighted by Gasteiger charge is 2.17. The molecule has 0 aromatic heterocycles. The lowest BCUT2D eigenvalue weighted by Gasteiger charge is -2.27. The van der Waals surface area contributed by atoms with Gasteiger partial charge >= 0.3 is 0 Å². The van der Waals surface area contributed by atoms with Gasteiger partial charge in [0.1, 0.15) is 0 Å². The molecule has 1 fully saturated rings. The molecule has 0 N–H and O–H groups in total. The van der Waals surface area contributed by atoms with Gasteiger partial charge in [-0.25, -0.2) is 0 Å². The lowest BCUT2D eigenvalue weighted by molar-refractivity contribution is -0.131. The largest absolute Gasteiger partial charge is 0.381 e. The Bertz CT molecular complexity index is 188. The van der Waals surface area contributed by atoms with Crippen LogP contribution in [-0.2, 0) is 9.53 Å². The van der Waals surface area contributed by atoms with Crippen LogP contribution in [0.5, 0.6) is 0 Å². The van der Waals surface area contributed by atoms with E-state index in [0.29, 0.717) is 18.2 Å². The van der Waals surface area contributed by atoms with E-state index in [-0.39, 0.29) is 0 Å². The second kappa shape index (κ2) is 6.83. The fourth-order valence-electron chi connectivity index (χ4n) is 1.94. The molecule has 1 rings (SSSR count). The van der Waals surface area contributed by atoms with E-state index in [4.69, 9.17) is 4.74 Å². The monoisotopic (exact) mass is 213 g/mol. The van der Waals surface area contributed by atoms with E-state index in [9.17, 15) is 4.79 Å². The van der Waals surface area contributed by atoms with Crippen molar-refractivity contribution >= 4 is 5.91 Å². The summed E-state index contributed by atoms with van der Waals surface area (Å²) in [6.07, 6.45) is 5.01. The highest BCUT2D eigenvalue weighted by atomic mass is 16.5. The minimum absolute atomic E-state index is 0.295. The van der Waals surface area contributed by atoms with Crippen molar-refractivity contribution < 1.29 is 9.53 Å². The number of nitrogens with zero attached hydrogens (tertiary/aromatic N) is 1. The molecule has 0 spiro atoms. The van der Waals surface area contributed by atoms with Crippen LogP contribution in [0.1, 0.15) is 39.0 Å². The van der Waals surface area contributed by atoms with Crippen molar-refractivity contribution in [3.8, 4) is 0 Å². The maximum atomic E-state index is 11.7. The number of unbranched alkanes of at least 4 members (excludes halogenated alkanes) is 1. The first kappa shape index (κ1) is 12.5. The molecule has 0 radical (unpaired) electrons. The zero-order chi connectivity index (χ0) is 11.1. The van der Waals surface area contributed by atoms with Crippen LogP contribution < -0.4 is 0 Å². The first-order chi connectivity index (χ1) is 7.24. The smallest absolute Gasteiger partial charge is 0.222 e. The zero-order valence-electron chi connectivity index (χ0n) is 10.00. The number of ether oxygens (including phenoxy) is 1. The van der Waals surface area contributed by atoms with Crippen molar-refractivity contribution in [3.05, 3.63) is 0 Å². The number of carbonyl (C=O) groups is 1. The Hall–Kier alpha value is -0.570. The van der Waals surface area contributed by atoms with Crippen LogP contribution in [-0.4, -0.2) is 37.6 Å². The molecular formula is C12H23NO2. The molecule has 15 heavy (non-hydrogen) atoms. The van der Waals surface area contributed by atoms with E-state index in [1.54, 1.807) is 0 Å². The molecule has 0 bridgehead atoms. The minimum atomic E-state index is 0.295. The molecule has 0 aromatic carbocycles. The number of amides is 1. The summed E-state index contributed by atoms with van der Waals surface area (Å²) in [6.45, 7) is 4.75. The van der Waals surface area contributed by atoms with Crippen LogP contribution in [0.25, 0.3) is 0 Å². The topological polar surface area (TPSA) is 29.5 Å². The summed E-state index contributed by atoms with van der Waals surface area (Å²) in [4.78, 5) is 13.6. The first-order valence-corrected chi connectivity index (χ1v) is 6.05. The van der Waals surface area contributed by atoms with Gasteiger partial charge in [0.25, 0.3) is 0 Å². The van der Waals surface area contributed by atoms with Gasteiger partial charge in [-0.3, -0.25) is 4.79 Å². The second-order valence-corrected chi connectivity index (χ2v) is 4.43. The third-order valence-corrected chi connectivity index (χ3v) is 3.04. The molecule has 3 nitrogen and oxygen atoms in total. The molecule has 0 aromatic rings. The van der Waals surface area contributed by atoms with Gasteiger partial charge in [-0.2, -0.15) is 0 Å². The van der Waals surface area contributed by atoms with E-state index in [1.165, 1.54) is 0 Å². The maximum absolute atomic E-state index is 11.7. The predicted molar refractivity (Wildman–Crippen MR) is 60.7 cm³/mol. The van der Waals surface area contributed by atoms with E-state index in [1.807, 2.05) is 11.9 Å². The van der Waals surface area contributed by atoms with Crippen LogP contribution >= 0.6 is 0 Å². The minimum Gasteiger partial charge on any atom is -0.381 e. The Kier molecular flexibility index (Phi) is 5.69. The molecule has 1 aliphatic rings. The maximum Gasteiger partial charge on any atom is 0.222 e. The summed E-state index contributed by atoms with van der Waals surface area (Å²) >= 11 is 0. The summed E-state index contributed by atoms with van der Waals surface area (Å²) in [5, 5.41) is 0. The molecule has 0 unspecified atom stereocenters. The zero-order valence-corrected chi connectivity index (χ0v) is 10.00. The Balaban J connectivity index is 2.20. The van der Waals surface area contributed by atoms with Crippen LogP contribution in [0.2, 0.25) is 0 Å². The number of rotatable bonds is 5. The summed E-state index contributed by atoms with van der Waals surface area (Å²) in [5.74, 6) is 0.942. The number of hydrogen-bond acceptors (Lipinski definition) is 2. The third-order valence-electron chi connectivity index (χ3n) is 3.04. The van der Waals surface area contributed by atoms with Crippen molar-refractivity contribution in [2.45, 2.75) is 39.0 Å². The Morgan fingerprint density at radius 1 is 1.40 bits per heavy atom. The summed E-state index contributed by atoms with van der Waals surface area (Å²) in [7, 11) is 1.92. The second-order valence-electron chi connectivity index (χ2n) is 4.43. The Labute approximate surface area is 92.8 Å². The first-order valence-electron chi connectivity index (χ1n) is 6.05. The van der Waals surface area contributed by atoms with Gasteiger partial charge in [0.05, 0.1) is 0 Å². The normalized spacial score (nSPS) is 17.7. The van der Waals surface area contributed by atoms with Crippen molar-refractivity contribution in [1.82, 2.24) is 4.90 Å². The lowest BCUT2D eigenvalue weighted by Crippen LogP contribution is -2.34. The average molecular weight is 213 g/mol. The van der Waals surface area contributed by atoms with Gasteiger partial charge < -0.3 is 9.64 Å². The van der Waals surface area contributed by atoms with Gasteiger partial charge in [0.15, 0.2) is 0 Å². The highest BCUT2D eigenvalue weighted by Crippen LogP contribution is 2.16. The summed E-state index contributed by atoms with van der Waals surface area (Å²) < 4.78 is 5.30.